The van der Waals surface area contributed by atoms with Crippen molar-refractivity contribution >= 4 is 17.6 Å². The third kappa shape index (κ3) is 3.81. The maximum Gasteiger partial charge on any atom is 0.224 e. The summed E-state index contributed by atoms with van der Waals surface area (Å²) in [7, 11) is 0. The van der Waals surface area contributed by atoms with Gasteiger partial charge in [-0.05, 0) is 13.3 Å². The smallest absolute Gasteiger partial charge is 0.224 e. The predicted octanol–water partition coefficient (Wildman–Crippen LogP) is -0.825. The van der Waals surface area contributed by atoms with E-state index in [9.17, 15) is 14.4 Å². The number of nitrogens with two attached hydrogens (primary N) is 1. The Bertz CT molecular complexity index is 329. The first-order valence-corrected chi connectivity index (χ1v) is 5.49. The number of carbonyl (C=O) groups excluding carboxylic acids is 3. The van der Waals surface area contributed by atoms with E-state index < -0.39 is 17.9 Å². The van der Waals surface area contributed by atoms with Crippen LogP contribution in [0.1, 0.15) is 20.3 Å². The standard InChI is InChI=1S/C11H17N2O4/c1-6(11(12)16)3-4-9(15)13-10-7(2)17-5-8(10)14/h4,6-7,10H,3,5H2,1-2H3,(H2,12,16)(H,13,15)/t6-,7+,10?/m0/s1. The van der Waals surface area contributed by atoms with Gasteiger partial charge in [0.1, 0.15) is 12.6 Å². The van der Waals surface area contributed by atoms with E-state index in [0.717, 1.165) is 0 Å². The number of carbonyl (C=O) groups is 3. The van der Waals surface area contributed by atoms with Gasteiger partial charge in [0.25, 0.3) is 0 Å². The van der Waals surface area contributed by atoms with Gasteiger partial charge < -0.3 is 15.8 Å². The van der Waals surface area contributed by atoms with Crippen molar-refractivity contribution in [2.75, 3.05) is 6.61 Å². The van der Waals surface area contributed by atoms with Crippen LogP contribution in [0, 0.1) is 12.3 Å². The van der Waals surface area contributed by atoms with E-state index in [4.69, 9.17) is 10.5 Å². The molecule has 6 nitrogen and oxygen atoms in total. The van der Waals surface area contributed by atoms with Gasteiger partial charge in [0.15, 0.2) is 5.78 Å². The number of primary amides is 1. The van der Waals surface area contributed by atoms with Crippen LogP contribution in [0.4, 0.5) is 0 Å². The van der Waals surface area contributed by atoms with E-state index in [1.165, 1.54) is 6.42 Å². The number of nitrogens with one attached hydrogen (secondary N) is 1. The molecule has 0 saturated carbocycles. The van der Waals surface area contributed by atoms with Crippen LogP contribution in [0.15, 0.2) is 0 Å². The van der Waals surface area contributed by atoms with Crippen molar-refractivity contribution in [3.05, 3.63) is 6.42 Å². The fourth-order valence-electron chi connectivity index (χ4n) is 1.47. The van der Waals surface area contributed by atoms with Gasteiger partial charge >= 0.3 is 0 Å². The normalized spacial score (nSPS) is 25.6. The van der Waals surface area contributed by atoms with Gasteiger partial charge in [-0.15, -0.1) is 0 Å². The lowest BCUT2D eigenvalue weighted by Gasteiger charge is -2.15. The third-order valence-electron chi connectivity index (χ3n) is 2.75. The summed E-state index contributed by atoms with van der Waals surface area (Å²) < 4.78 is 5.09. The summed E-state index contributed by atoms with van der Waals surface area (Å²) in [6, 6.07) is -0.595. The molecule has 1 unspecified atom stereocenters. The number of hydrogen-bond donors (Lipinski definition) is 2. The SMILES string of the molecule is C[C@@H](C[CH]C(=O)NC1C(=O)CO[C@@H]1C)C(N)=O. The van der Waals surface area contributed by atoms with Crippen molar-refractivity contribution in [3.8, 4) is 0 Å². The second-order valence-corrected chi connectivity index (χ2v) is 4.21. The lowest BCUT2D eigenvalue weighted by Crippen LogP contribution is -2.44. The van der Waals surface area contributed by atoms with Crippen molar-refractivity contribution in [2.24, 2.45) is 11.7 Å². The number of hydrogen-bond acceptors (Lipinski definition) is 4. The molecule has 17 heavy (non-hydrogen) atoms. The molecule has 0 aromatic carbocycles. The summed E-state index contributed by atoms with van der Waals surface area (Å²) in [5, 5.41) is 2.55. The summed E-state index contributed by atoms with van der Waals surface area (Å²) in [6.07, 6.45) is 1.28. The molecular formula is C11H17N2O4. The average Bonchev–Trinajstić information content (AvgIpc) is 2.57. The summed E-state index contributed by atoms with van der Waals surface area (Å²) in [5.74, 6) is -1.37. The molecule has 1 aliphatic rings. The minimum atomic E-state index is -0.595. The summed E-state index contributed by atoms with van der Waals surface area (Å²) >= 11 is 0. The van der Waals surface area contributed by atoms with Crippen LogP contribution in [0.3, 0.4) is 0 Å². The summed E-state index contributed by atoms with van der Waals surface area (Å²) in [6.45, 7) is 3.39. The Balaban J connectivity index is 2.34. The van der Waals surface area contributed by atoms with Gasteiger partial charge in [0.05, 0.1) is 12.5 Å². The van der Waals surface area contributed by atoms with E-state index in [1.807, 2.05) is 0 Å². The average molecular weight is 241 g/mol. The molecule has 0 aliphatic carbocycles. The molecule has 3 N–H and O–H groups in total. The Morgan fingerprint density at radius 2 is 2.29 bits per heavy atom. The van der Waals surface area contributed by atoms with E-state index in [-0.39, 0.29) is 30.8 Å². The molecule has 3 atom stereocenters. The second kappa shape index (κ2) is 5.77. The fraction of sp³-hybridized carbons (Fsp3) is 0.636. The molecule has 1 rings (SSSR count). The summed E-state index contributed by atoms with van der Waals surface area (Å²) in [4.78, 5) is 33.6. The predicted molar refractivity (Wildman–Crippen MR) is 59.6 cm³/mol. The van der Waals surface area contributed by atoms with Gasteiger partial charge in [-0.25, -0.2) is 0 Å². The van der Waals surface area contributed by atoms with Crippen LogP contribution in [-0.4, -0.2) is 36.4 Å². The second-order valence-electron chi connectivity index (χ2n) is 4.21. The number of ether oxygens (including phenoxy) is 1. The number of rotatable bonds is 5. The number of Topliss-reactive ketones (excluding diaryl/α,β-unsaturated/α-hetero) is 1. The number of amides is 2. The first-order valence-electron chi connectivity index (χ1n) is 5.49. The van der Waals surface area contributed by atoms with Crippen molar-refractivity contribution in [1.29, 1.82) is 0 Å². The van der Waals surface area contributed by atoms with Crippen LogP contribution in [-0.2, 0) is 19.1 Å². The molecule has 0 spiro atoms. The topological polar surface area (TPSA) is 98.5 Å². The first-order chi connectivity index (χ1) is 7.91. The molecule has 0 aromatic rings. The molecule has 95 valence electrons. The van der Waals surface area contributed by atoms with Gasteiger partial charge in [-0.2, -0.15) is 0 Å². The zero-order chi connectivity index (χ0) is 13.0. The van der Waals surface area contributed by atoms with Crippen molar-refractivity contribution < 1.29 is 19.1 Å². The van der Waals surface area contributed by atoms with E-state index in [0.29, 0.717) is 0 Å². The Morgan fingerprint density at radius 1 is 1.65 bits per heavy atom. The molecule has 1 saturated heterocycles. The Kier molecular flexibility index (Phi) is 4.62. The van der Waals surface area contributed by atoms with E-state index in [1.54, 1.807) is 13.8 Å². The maximum absolute atomic E-state index is 11.5. The monoisotopic (exact) mass is 241 g/mol. The Labute approximate surface area is 99.9 Å². The van der Waals surface area contributed by atoms with Gasteiger partial charge in [-0.3, -0.25) is 14.4 Å². The van der Waals surface area contributed by atoms with Crippen LogP contribution in [0.2, 0.25) is 0 Å². The highest BCUT2D eigenvalue weighted by Gasteiger charge is 2.33. The van der Waals surface area contributed by atoms with Crippen LogP contribution < -0.4 is 11.1 Å². The van der Waals surface area contributed by atoms with Crippen LogP contribution in [0.5, 0.6) is 0 Å². The maximum atomic E-state index is 11.5. The highest BCUT2D eigenvalue weighted by atomic mass is 16.5. The Hall–Kier alpha value is -1.43. The lowest BCUT2D eigenvalue weighted by atomic mass is 10.0. The molecule has 1 heterocycles. The quantitative estimate of drug-likeness (QED) is 0.656. The molecular weight excluding hydrogens is 224 g/mol. The molecule has 0 aromatic heterocycles. The molecule has 1 radical (unpaired) electrons. The first kappa shape index (κ1) is 13.6. The van der Waals surface area contributed by atoms with E-state index in [2.05, 4.69) is 5.32 Å². The van der Waals surface area contributed by atoms with Crippen LogP contribution >= 0.6 is 0 Å². The lowest BCUT2D eigenvalue weighted by molar-refractivity contribution is -0.125. The summed E-state index contributed by atoms with van der Waals surface area (Å²) in [5.41, 5.74) is 5.07. The van der Waals surface area contributed by atoms with Crippen molar-refractivity contribution in [3.63, 3.8) is 0 Å². The zero-order valence-electron chi connectivity index (χ0n) is 9.93. The molecule has 6 heteroatoms. The van der Waals surface area contributed by atoms with E-state index >= 15 is 0 Å². The highest BCUT2D eigenvalue weighted by Crippen LogP contribution is 2.10. The third-order valence-corrected chi connectivity index (χ3v) is 2.75. The van der Waals surface area contributed by atoms with Gasteiger partial charge in [0.2, 0.25) is 11.8 Å². The fourth-order valence-corrected chi connectivity index (χ4v) is 1.47. The van der Waals surface area contributed by atoms with Crippen LogP contribution in [0.25, 0.3) is 0 Å². The minimum absolute atomic E-state index is 0.0315. The molecule has 1 fully saturated rings. The highest BCUT2D eigenvalue weighted by molar-refractivity contribution is 5.94. The molecule has 2 amide bonds. The Morgan fingerprint density at radius 3 is 2.76 bits per heavy atom. The van der Waals surface area contributed by atoms with Gasteiger partial charge in [-0.1, -0.05) is 6.92 Å². The largest absolute Gasteiger partial charge is 0.369 e. The minimum Gasteiger partial charge on any atom is -0.369 e. The molecule has 0 bridgehead atoms. The van der Waals surface area contributed by atoms with Crippen molar-refractivity contribution in [1.82, 2.24) is 5.32 Å². The van der Waals surface area contributed by atoms with Gasteiger partial charge in [0, 0.05) is 5.92 Å². The zero-order valence-corrected chi connectivity index (χ0v) is 9.93. The number of ketones is 1. The molecule has 1 aliphatic heterocycles. The van der Waals surface area contributed by atoms with Crippen molar-refractivity contribution in [2.45, 2.75) is 32.4 Å².